The summed E-state index contributed by atoms with van der Waals surface area (Å²) in [5.41, 5.74) is -0.803. The van der Waals surface area contributed by atoms with Crippen LogP contribution in [-0.4, -0.2) is 40.4 Å². The fraction of sp³-hybridized carbons (Fsp3) is 0.304. The maximum Gasteiger partial charge on any atom is 0.338 e. The van der Waals surface area contributed by atoms with Gasteiger partial charge in [0.2, 0.25) is 0 Å². The van der Waals surface area contributed by atoms with Gasteiger partial charge in [-0.15, -0.1) is 0 Å². The van der Waals surface area contributed by atoms with E-state index < -0.39 is 17.1 Å². The van der Waals surface area contributed by atoms with Crippen molar-refractivity contribution in [2.45, 2.75) is 13.0 Å². The molecule has 4 heterocycles. The van der Waals surface area contributed by atoms with Crippen LogP contribution in [0.3, 0.4) is 0 Å². The van der Waals surface area contributed by atoms with E-state index in [1.807, 2.05) is 11.0 Å². The summed E-state index contributed by atoms with van der Waals surface area (Å²) in [6.07, 6.45) is 3.58. The molecule has 1 aromatic carbocycles. The number of ether oxygens (including phenoxy) is 1. The van der Waals surface area contributed by atoms with E-state index in [1.54, 1.807) is 0 Å². The van der Waals surface area contributed by atoms with E-state index >= 15 is 0 Å². The van der Waals surface area contributed by atoms with Crippen molar-refractivity contribution in [1.29, 1.82) is 5.26 Å². The van der Waals surface area contributed by atoms with Gasteiger partial charge in [0.1, 0.15) is 18.2 Å². The van der Waals surface area contributed by atoms with Crippen LogP contribution < -0.4 is 16.1 Å². The minimum absolute atomic E-state index is 0.0586. The van der Waals surface area contributed by atoms with Gasteiger partial charge in [0.25, 0.3) is 5.56 Å². The summed E-state index contributed by atoms with van der Waals surface area (Å²) in [5, 5.41) is 9.59. The molecule has 0 aliphatic carbocycles. The SMILES string of the molecule is N#CCn1c(N2CC3(CCOC3)C2)c(-c2ccc(F)c(Cl)c2)c(=O)n(-c2cncc(Cl)c2)c1=O. The van der Waals surface area contributed by atoms with Crippen LogP contribution in [0.1, 0.15) is 6.42 Å². The molecule has 0 N–H and O–H groups in total. The molecule has 2 aliphatic rings. The summed E-state index contributed by atoms with van der Waals surface area (Å²) in [5.74, 6) is -0.342. The first-order chi connectivity index (χ1) is 16.3. The zero-order valence-electron chi connectivity index (χ0n) is 17.8. The van der Waals surface area contributed by atoms with Crippen molar-refractivity contribution in [2.75, 3.05) is 31.2 Å². The molecular formula is C23H18Cl2FN5O3. The van der Waals surface area contributed by atoms with E-state index in [1.165, 1.54) is 35.2 Å². The fourth-order valence-electron chi connectivity index (χ4n) is 4.65. The maximum atomic E-state index is 13.9. The smallest absolute Gasteiger partial charge is 0.338 e. The first kappa shape index (κ1) is 22.6. The highest BCUT2D eigenvalue weighted by molar-refractivity contribution is 6.31. The Morgan fingerprint density at radius 1 is 1.21 bits per heavy atom. The lowest BCUT2D eigenvalue weighted by Gasteiger charge is -2.49. The first-order valence-electron chi connectivity index (χ1n) is 10.5. The number of aromatic nitrogens is 3. The molecule has 34 heavy (non-hydrogen) atoms. The average Bonchev–Trinajstić information content (AvgIpc) is 3.27. The topological polar surface area (TPSA) is 93.2 Å². The van der Waals surface area contributed by atoms with Crippen LogP contribution in [0.2, 0.25) is 10.0 Å². The molecule has 0 saturated carbocycles. The van der Waals surface area contributed by atoms with Crippen molar-refractivity contribution in [1.82, 2.24) is 14.1 Å². The summed E-state index contributed by atoms with van der Waals surface area (Å²) in [7, 11) is 0. The number of anilines is 1. The highest BCUT2D eigenvalue weighted by Crippen LogP contribution is 2.43. The van der Waals surface area contributed by atoms with Crippen molar-refractivity contribution >= 4 is 29.0 Å². The van der Waals surface area contributed by atoms with Gasteiger partial charge in [-0.05, 0) is 30.2 Å². The lowest BCUT2D eigenvalue weighted by molar-refractivity contribution is 0.130. The molecule has 0 unspecified atom stereocenters. The predicted octanol–water partition coefficient (Wildman–Crippen LogP) is 3.26. The van der Waals surface area contributed by atoms with Gasteiger partial charge >= 0.3 is 5.69 Å². The Hall–Kier alpha value is -3.19. The molecule has 5 rings (SSSR count). The highest BCUT2D eigenvalue weighted by Gasteiger charge is 2.47. The van der Waals surface area contributed by atoms with E-state index in [2.05, 4.69) is 4.98 Å². The molecule has 8 nitrogen and oxygen atoms in total. The van der Waals surface area contributed by atoms with E-state index in [-0.39, 0.29) is 33.3 Å². The third-order valence-corrected chi connectivity index (χ3v) is 6.74. The standard InChI is InChI=1S/C23H18Cl2FN5O3/c24-15-8-16(10-28-9-15)31-21(32)19(14-1-2-18(26)17(25)7-14)20(30(5-4-27)22(31)33)29-11-23(12-29)3-6-34-13-23/h1-2,7-10H,3,5-6,11-13H2. The van der Waals surface area contributed by atoms with E-state index in [9.17, 15) is 19.2 Å². The third-order valence-electron chi connectivity index (χ3n) is 6.24. The molecule has 0 atom stereocenters. The number of hydrogen-bond donors (Lipinski definition) is 0. The number of nitrogens with zero attached hydrogens (tertiary/aromatic N) is 5. The number of nitriles is 1. The van der Waals surface area contributed by atoms with Crippen LogP contribution in [-0.2, 0) is 11.3 Å². The minimum Gasteiger partial charge on any atom is -0.381 e. The molecular weight excluding hydrogens is 484 g/mol. The Bertz CT molecular complexity index is 1450. The van der Waals surface area contributed by atoms with Crippen LogP contribution >= 0.6 is 23.2 Å². The molecule has 2 aliphatic heterocycles. The van der Waals surface area contributed by atoms with E-state index in [4.69, 9.17) is 27.9 Å². The van der Waals surface area contributed by atoms with Crippen molar-refractivity contribution in [3.8, 4) is 22.9 Å². The monoisotopic (exact) mass is 501 g/mol. The van der Waals surface area contributed by atoms with Crippen molar-refractivity contribution in [3.05, 3.63) is 73.4 Å². The Balaban J connectivity index is 1.80. The van der Waals surface area contributed by atoms with Crippen LogP contribution in [0.15, 0.2) is 46.2 Å². The van der Waals surface area contributed by atoms with Gasteiger partial charge < -0.3 is 9.64 Å². The largest absolute Gasteiger partial charge is 0.381 e. The van der Waals surface area contributed by atoms with Gasteiger partial charge in [0.05, 0.1) is 40.2 Å². The Morgan fingerprint density at radius 3 is 2.65 bits per heavy atom. The molecule has 1 spiro atoms. The summed E-state index contributed by atoms with van der Waals surface area (Å²) in [6.45, 7) is 2.06. The van der Waals surface area contributed by atoms with Gasteiger partial charge in [-0.2, -0.15) is 5.26 Å². The van der Waals surface area contributed by atoms with Crippen molar-refractivity contribution < 1.29 is 9.13 Å². The third kappa shape index (κ3) is 3.68. The summed E-state index contributed by atoms with van der Waals surface area (Å²) in [6, 6.07) is 7.37. The van der Waals surface area contributed by atoms with E-state index in [0.717, 1.165) is 17.1 Å². The molecule has 174 valence electrons. The first-order valence-corrected chi connectivity index (χ1v) is 11.2. The maximum absolute atomic E-state index is 13.9. The molecule has 2 aromatic heterocycles. The number of halogens is 3. The van der Waals surface area contributed by atoms with E-state index in [0.29, 0.717) is 37.7 Å². The molecule has 2 fully saturated rings. The molecule has 0 bridgehead atoms. The van der Waals surface area contributed by atoms with Gasteiger partial charge in [-0.1, -0.05) is 29.3 Å². The number of pyridine rings is 1. The quantitative estimate of drug-likeness (QED) is 0.544. The molecule has 0 amide bonds. The molecule has 0 radical (unpaired) electrons. The predicted molar refractivity (Wildman–Crippen MR) is 125 cm³/mol. The van der Waals surface area contributed by atoms with Gasteiger partial charge in [-0.3, -0.25) is 14.3 Å². The number of rotatable bonds is 4. The summed E-state index contributed by atoms with van der Waals surface area (Å²) >= 11 is 12.1. The van der Waals surface area contributed by atoms with Crippen LogP contribution in [0.25, 0.3) is 16.8 Å². The number of benzene rings is 1. The van der Waals surface area contributed by atoms with Crippen molar-refractivity contribution in [3.63, 3.8) is 0 Å². The van der Waals surface area contributed by atoms with Gasteiger partial charge in [0, 0.05) is 31.3 Å². The Morgan fingerprint density at radius 2 is 2.00 bits per heavy atom. The lowest BCUT2D eigenvalue weighted by Crippen LogP contribution is -2.59. The van der Waals surface area contributed by atoms with Crippen LogP contribution in [0.5, 0.6) is 0 Å². The second kappa shape index (κ2) is 8.55. The Labute approximate surface area is 203 Å². The normalized spacial score (nSPS) is 16.5. The lowest BCUT2D eigenvalue weighted by atomic mass is 9.79. The summed E-state index contributed by atoms with van der Waals surface area (Å²) in [4.78, 5) is 33.3. The molecule has 11 heteroatoms. The molecule has 2 saturated heterocycles. The average molecular weight is 502 g/mol. The highest BCUT2D eigenvalue weighted by atomic mass is 35.5. The second-order valence-corrected chi connectivity index (χ2v) is 9.36. The minimum atomic E-state index is -0.703. The zero-order chi connectivity index (χ0) is 24.0. The number of hydrogen-bond acceptors (Lipinski definition) is 6. The summed E-state index contributed by atoms with van der Waals surface area (Å²) < 4.78 is 21.7. The molecule has 3 aromatic rings. The Kier molecular flexibility index (Phi) is 5.68. The van der Waals surface area contributed by atoms with Crippen LogP contribution in [0, 0.1) is 22.6 Å². The van der Waals surface area contributed by atoms with Gasteiger partial charge in [-0.25, -0.2) is 13.8 Å². The second-order valence-electron chi connectivity index (χ2n) is 8.51. The fourth-order valence-corrected chi connectivity index (χ4v) is 5.00. The van der Waals surface area contributed by atoms with Crippen molar-refractivity contribution in [2.24, 2.45) is 5.41 Å². The van der Waals surface area contributed by atoms with Gasteiger partial charge in [0.15, 0.2) is 0 Å². The zero-order valence-corrected chi connectivity index (χ0v) is 19.3. The van der Waals surface area contributed by atoms with Crippen LogP contribution in [0.4, 0.5) is 10.2 Å².